The molecule has 8 heteroatoms. The van der Waals surface area contributed by atoms with Gasteiger partial charge in [-0.1, -0.05) is 16.9 Å². The lowest BCUT2D eigenvalue weighted by atomic mass is 10.5. The maximum atomic E-state index is 11.2. The third kappa shape index (κ3) is 4.43. The van der Waals surface area contributed by atoms with Crippen LogP contribution in [0, 0.1) is 0 Å². The summed E-state index contributed by atoms with van der Waals surface area (Å²) in [6.45, 7) is 1.94. The zero-order valence-corrected chi connectivity index (χ0v) is 10.4. The van der Waals surface area contributed by atoms with E-state index in [4.69, 9.17) is 9.15 Å². The van der Waals surface area contributed by atoms with Crippen LogP contribution in [0.25, 0.3) is 0 Å². The van der Waals surface area contributed by atoms with Gasteiger partial charge in [0.15, 0.2) is 0 Å². The van der Waals surface area contributed by atoms with E-state index in [0.29, 0.717) is 12.2 Å². The molecule has 1 amide bonds. The Kier molecular flexibility index (Phi) is 5.47. The lowest BCUT2D eigenvalue weighted by molar-refractivity contribution is -0.120. The monoisotopic (exact) mass is 259 g/mol. The molecule has 94 valence electrons. The number of amides is 1. The summed E-state index contributed by atoms with van der Waals surface area (Å²) in [5, 5.41) is 9.94. The quantitative estimate of drug-likeness (QED) is 0.586. The van der Waals surface area contributed by atoms with E-state index < -0.39 is 5.97 Å². The third-order valence-corrected chi connectivity index (χ3v) is 2.51. The van der Waals surface area contributed by atoms with Gasteiger partial charge in [0.2, 0.25) is 5.91 Å². The van der Waals surface area contributed by atoms with Crippen molar-refractivity contribution in [2.75, 3.05) is 19.4 Å². The molecule has 0 unspecified atom stereocenters. The van der Waals surface area contributed by atoms with Crippen molar-refractivity contribution in [3.63, 3.8) is 0 Å². The highest BCUT2D eigenvalue weighted by Crippen LogP contribution is 2.17. The molecule has 0 aliphatic rings. The Bertz CT molecular complexity index is 393. The van der Waals surface area contributed by atoms with E-state index >= 15 is 0 Å². The predicted octanol–water partition coefficient (Wildman–Crippen LogP) is 0.474. The van der Waals surface area contributed by atoms with Crippen LogP contribution in [0.3, 0.4) is 0 Å². The number of carbonyl (C=O) groups is 2. The first kappa shape index (κ1) is 13.5. The maximum absolute atomic E-state index is 11.2. The van der Waals surface area contributed by atoms with E-state index in [2.05, 4.69) is 15.5 Å². The molecular formula is C9H13N3O4S. The summed E-state index contributed by atoms with van der Waals surface area (Å²) in [5.74, 6) is -0.375. The molecule has 0 saturated carbocycles. The largest absolute Gasteiger partial charge is 0.459 e. The van der Waals surface area contributed by atoms with E-state index in [1.54, 1.807) is 14.0 Å². The highest BCUT2D eigenvalue weighted by molar-refractivity contribution is 7.99. The number of nitrogens with zero attached hydrogens (tertiary/aromatic N) is 2. The minimum atomic E-state index is -0.641. The Morgan fingerprint density at radius 2 is 2.24 bits per heavy atom. The van der Waals surface area contributed by atoms with Crippen molar-refractivity contribution in [3.05, 3.63) is 5.89 Å². The summed E-state index contributed by atoms with van der Waals surface area (Å²) in [6.07, 6.45) is 0.346. The molecule has 17 heavy (non-hydrogen) atoms. The minimum absolute atomic E-state index is 0.0670. The Morgan fingerprint density at radius 3 is 2.88 bits per heavy atom. The molecule has 0 aliphatic heterocycles. The Morgan fingerprint density at radius 1 is 1.47 bits per heavy atom. The molecular weight excluding hydrogens is 246 g/mol. The molecule has 0 atom stereocenters. The SMILES string of the molecule is CCOC(=O)c1nnc(SCCC(=O)NC)o1. The summed E-state index contributed by atoms with van der Waals surface area (Å²) in [7, 11) is 1.57. The van der Waals surface area contributed by atoms with Crippen LogP contribution in [-0.2, 0) is 9.53 Å². The van der Waals surface area contributed by atoms with Gasteiger partial charge in [0.05, 0.1) is 6.61 Å². The van der Waals surface area contributed by atoms with Gasteiger partial charge >= 0.3 is 11.9 Å². The molecule has 0 fully saturated rings. The fourth-order valence-electron chi connectivity index (χ4n) is 0.899. The van der Waals surface area contributed by atoms with E-state index in [0.717, 1.165) is 0 Å². The van der Waals surface area contributed by atoms with Gasteiger partial charge in [-0.15, -0.1) is 5.10 Å². The summed E-state index contributed by atoms with van der Waals surface area (Å²) >= 11 is 1.21. The number of hydrogen-bond donors (Lipinski definition) is 1. The van der Waals surface area contributed by atoms with Crippen LogP contribution in [0.5, 0.6) is 0 Å². The van der Waals surface area contributed by atoms with Crippen LogP contribution in [0.15, 0.2) is 9.64 Å². The van der Waals surface area contributed by atoms with Gasteiger partial charge in [-0.2, -0.15) is 0 Å². The Balaban J connectivity index is 2.40. The molecule has 0 aromatic carbocycles. The predicted molar refractivity (Wildman–Crippen MR) is 59.7 cm³/mol. The minimum Gasteiger partial charge on any atom is -0.459 e. The number of rotatable bonds is 6. The molecule has 0 aliphatic carbocycles. The van der Waals surface area contributed by atoms with E-state index in [1.165, 1.54) is 11.8 Å². The first-order valence-corrected chi connectivity index (χ1v) is 6.00. The summed E-state index contributed by atoms with van der Waals surface area (Å²) in [6, 6.07) is 0. The maximum Gasteiger partial charge on any atom is 0.396 e. The molecule has 1 N–H and O–H groups in total. The van der Waals surface area contributed by atoms with Crippen molar-refractivity contribution in [2.45, 2.75) is 18.6 Å². The van der Waals surface area contributed by atoms with Crippen molar-refractivity contribution in [2.24, 2.45) is 0 Å². The smallest absolute Gasteiger partial charge is 0.396 e. The summed E-state index contributed by atoms with van der Waals surface area (Å²) in [4.78, 5) is 22.1. The van der Waals surface area contributed by atoms with Crippen LogP contribution in [0.4, 0.5) is 0 Å². The number of carbonyl (C=O) groups excluding carboxylic acids is 2. The van der Waals surface area contributed by atoms with Gasteiger partial charge in [-0.05, 0) is 6.92 Å². The molecule has 0 spiro atoms. The van der Waals surface area contributed by atoms with E-state index in [-0.39, 0.29) is 23.6 Å². The van der Waals surface area contributed by atoms with Crippen LogP contribution in [0.2, 0.25) is 0 Å². The molecule has 7 nitrogen and oxygen atoms in total. The van der Waals surface area contributed by atoms with Crippen LogP contribution < -0.4 is 5.32 Å². The van der Waals surface area contributed by atoms with Crippen molar-refractivity contribution in [1.82, 2.24) is 15.5 Å². The number of aromatic nitrogens is 2. The number of hydrogen-bond acceptors (Lipinski definition) is 7. The number of ether oxygens (including phenoxy) is 1. The van der Waals surface area contributed by atoms with Gasteiger partial charge in [0.1, 0.15) is 0 Å². The second kappa shape index (κ2) is 6.89. The first-order chi connectivity index (χ1) is 8.17. The second-order valence-electron chi connectivity index (χ2n) is 2.87. The van der Waals surface area contributed by atoms with E-state index in [9.17, 15) is 9.59 Å². The fourth-order valence-corrected chi connectivity index (χ4v) is 1.60. The zero-order valence-electron chi connectivity index (χ0n) is 9.56. The number of esters is 1. The van der Waals surface area contributed by atoms with Crippen LogP contribution in [-0.4, -0.2) is 41.5 Å². The average molecular weight is 259 g/mol. The van der Waals surface area contributed by atoms with Crippen molar-refractivity contribution in [3.8, 4) is 0 Å². The highest BCUT2D eigenvalue weighted by Gasteiger charge is 2.16. The second-order valence-corrected chi connectivity index (χ2v) is 3.91. The number of thioether (sulfide) groups is 1. The van der Waals surface area contributed by atoms with Gasteiger partial charge in [0.25, 0.3) is 5.22 Å². The Labute approximate surface area is 102 Å². The highest BCUT2D eigenvalue weighted by atomic mass is 32.2. The van der Waals surface area contributed by atoms with Crippen molar-refractivity contribution < 1.29 is 18.7 Å². The van der Waals surface area contributed by atoms with E-state index in [1.807, 2.05) is 0 Å². The standard InChI is InChI=1S/C9H13N3O4S/c1-3-15-8(14)7-11-12-9(16-7)17-5-4-6(13)10-2/h3-5H2,1-2H3,(H,10,13). The number of nitrogens with one attached hydrogen (secondary N) is 1. The first-order valence-electron chi connectivity index (χ1n) is 5.01. The van der Waals surface area contributed by atoms with Gasteiger partial charge in [-0.3, -0.25) is 4.79 Å². The zero-order chi connectivity index (χ0) is 12.7. The van der Waals surface area contributed by atoms with Crippen molar-refractivity contribution >= 4 is 23.6 Å². The molecule has 0 bridgehead atoms. The lowest BCUT2D eigenvalue weighted by Crippen LogP contribution is -2.17. The lowest BCUT2D eigenvalue weighted by Gasteiger charge is -1.96. The summed E-state index contributed by atoms with van der Waals surface area (Å²) < 4.78 is 9.74. The molecule has 1 aromatic rings. The average Bonchev–Trinajstić information content (AvgIpc) is 2.78. The molecule has 1 heterocycles. The van der Waals surface area contributed by atoms with Gasteiger partial charge in [0, 0.05) is 19.2 Å². The van der Waals surface area contributed by atoms with Crippen LogP contribution >= 0.6 is 11.8 Å². The third-order valence-electron chi connectivity index (χ3n) is 1.69. The van der Waals surface area contributed by atoms with Gasteiger partial charge in [-0.25, -0.2) is 4.79 Å². The fraction of sp³-hybridized carbons (Fsp3) is 0.556. The normalized spacial score (nSPS) is 10.0. The topological polar surface area (TPSA) is 94.3 Å². The summed E-state index contributed by atoms with van der Waals surface area (Å²) in [5.41, 5.74) is 0. The molecule has 1 aromatic heterocycles. The molecule has 0 radical (unpaired) electrons. The van der Waals surface area contributed by atoms with Gasteiger partial charge < -0.3 is 14.5 Å². The van der Waals surface area contributed by atoms with Crippen LogP contribution in [0.1, 0.15) is 24.0 Å². The van der Waals surface area contributed by atoms with Crippen molar-refractivity contribution in [1.29, 1.82) is 0 Å². The Hall–Kier alpha value is -1.57. The molecule has 0 saturated heterocycles. The molecule has 1 rings (SSSR count).